The van der Waals surface area contributed by atoms with E-state index in [4.69, 9.17) is 10.5 Å². The number of amides is 2. The van der Waals surface area contributed by atoms with Gasteiger partial charge in [0.25, 0.3) is 0 Å². The second-order valence-electron chi connectivity index (χ2n) is 6.47. The fourth-order valence-electron chi connectivity index (χ4n) is 3.12. The highest BCUT2D eigenvalue weighted by molar-refractivity contribution is 5.85. The van der Waals surface area contributed by atoms with Crippen molar-refractivity contribution >= 4 is 36.6 Å². The third kappa shape index (κ3) is 8.09. The van der Waals surface area contributed by atoms with Gasteiger partial charge in [0.15, 0.2) is 0 Å². The lowest BCUT2D eigenvalue weighted by atomic mass is 10.0. The molecule has 2 rings (SSSR count). The number of likely N-dealkylation sites (tertiary alicyclic amines) is 1. The first kappa shape index (κ1) is 24.4. The quantitative estimate of drug-likeness (QED) is 0.578. The summed E-state index contributed by atoms with van der Waals surface area (Å²) >= 11 is 0. The zero-order valence-electron chi connectivity index (χ0n) is 14.9. The predicted octanol–water partition coefficient (Wildman–Crippen LogP) is 0.443. The van der Waals surface area contributed by atoms with Crippen LogP contribution in [0, 0.1) is 0 Å². The van der Waals surface area contributed by atoms with Gasteiger partial charge in [-0.15, -0.1) is 24.8 Å². The maximum atomic E-state index is 12.2. The van der Waals surface area contributed by atoms with Crippen molar-refractivity contribution in [2.45, 2.75) is 57.3 Å². The monoisotopic (exact) mass is 398 g/mol. The highest BCUT2D eigenvalue weighted by Gasteiger charge is 2.31. The Bertz CT molecular complexity index is 407. The predicted molar refractivity (Wildman–Crippen MR) is 102 cm³/mol. The molecule has 0 radical (unpaired) electrons. The normalized spacial score (nSPS) is 24.1. The number of carbonyl (C=O) groups is 2. The molecule has 2 heterocycles. The molecule has 25 heavy (non-hydrogen) atoms. The van der Waals surface area contributed by atoms with Crippen molar-refractivity contribution in [2.75, 3.05) is 32.7 Å². The minimum atomic E-state index is -0.346. The molecule has 0 aromatic rings. The van der Waals surface area contributed by atoms with E-state index >= 15 is 0 Å². The van der Waals surface area contributed by atoms with Crippen molar-refractivity contribution < 1.29 is 14.3 Å². The van der Waals surface area contributed by atoms with E-state index in [0.29, 0.717) is 13.1 Å². The van der Waals surface area contributed by atoms with Gasteiger partial charge in [-0.2, -0.15) is 0 Å². The first-order valence-corrected chi connectivity index (χ1v) is 8.77. The van der Waals surface area contributed by atoms with E-state index in [-0.39, 0.29) is 54.9 Å². The van der Waals surface area contributed by atoms with Gasteiger partial charge in [0, 0.05) is 32.2 Å². The number of rotatable bonds is 7. The van der Waals surface area contributed by atoms with E-state index < -0.39 is 0 Å². The number of hydrogen-bond donors (Lipinski definition) is 3. The van der Waals surface area contributed by atoms with E-state index in [9.17, 15) is 9.59 Å². The third-order valence-corrected chi connectivity index (χ3v) is 4.54. The molecular weight excluding hydrogens is 367 g/mol. The number of halogens is 2. The van der Waals surface area contributed by atoms with E-state index in [2.05, 4.69) is 15.5 Å². The summed E-state index contributed by atoms with van der Waals surface area (Å²) in [7, 11) is 0. The number of nitrogens with two attached hydrogens (primary N) is 1. The van der Waals surface area contributed by atoms with Gasteiger partial charge in [-0.25, -0.2) is 0 Å². The average molecular weight is 399 g/mol. The fourth-order valence-corrected chi connectivity index (χ4v) is 3.12. The van der Waals surface area contributed by atoms with Gasteiger partial charge >= 0.3 is 0 Å². The molecule has 2 amide bonds. The molecule has 0 spiro atoms. The smallest absolute Gasteiger partial charge is 0.249 e. The van der Waals surface area contributed by atoms with Crippen LogP contribution in [0.4, 0.5) is 0 Å². The first-order valence-electron chi connectivity index (χ1n) is 8.77. The molecule has 2 aliphatic heterocycles. The van der Waals surface area contributed by atoms with Crippen LogP contribution in [-0.4, -0.2) is 67.7 Å². The molecule has 148 valence electrons. The zero-order chi connectivity index (χ0) is 16.7. The molecule has 0 saturated carbocycles. The molecule has 4 N–H and O–H groups in total. The molecule has 0 bridgehead atoms. The zero-order valence-corrected chi connectivity index (χ0v) is 16.5. The van der Waals surface area contributed by atoms with Crippen molar-refractivity contribution in [1.29, 1.82) is 0 Å². The lowest BCUT2D eigenvalue weighted by Crippen LogP contribution is -2.49. The largest absolute Gasteiger partial charge is 0.364 e. The van der Waals surface area contributed by atoms with Crippen molar-refractivity contribution in [3.63, 3.8) is 0 Å². The Kier molecular flexibility index (Phi) is 12.4. The molecule has 0 aliphatic carbocycles. The highest BCUT2D eigenvalue weighted by Crippen LogP contribution is 2.19. The Hall–Kier alpha value is -0.600. The second-order valence-corrected chi connectivity index (χ2v) is 6.47. The average Bonchev–Trinajstić information content (AvgIpc) is 3.04. The van der Waals surface area contributed by atoms with Crippen LogP contribution in [-0.2, 0) is 14.3 Å². The van der Waals surface area contributed by atoms with E-state index in [1.54, 1.807) is 0 Å². The van der Waals surface area contributed by atoms with Crippen molar-refractivity contribution in [3.05, 3.63) is 0 Å². The Morgan fingerprint density at radius 1 is 1.16 bits per heavy atom. The Balaban J connectivity index is 0.00000288. The lowest BCUT2D eigenvalue weighted by molar-refractivity contribution is -0.133. The number of nitrogens with one attached hydrogen (secondary N) is 2. The van der Waals surface area contributed by atoms with Crippen LogP contribution in [0.2, 0.25) is 0 Å². The van der Waals surface area contributed by atoms with Crippen LogP contribution in [0.15, 0.2) is 0 Å². The van der Waals surface area contributed by atoms with E-state index in [1.165, 1.54) is 0 Å². The standard InChI is InChI=1S/C16H30N4O3.2ClH/c1-2-7-18-15(21)11-20-8-5-12(6-9-20)19-16(22)14-4-3-13(10-17)23-14;;/h12-14H,2-11,17H2,1H3,(H,18,21)(H,19,22);2*1H/t13-,14+;;/m1../s1. The van der Waals surface area contributed by atoms with E-state index in [1.807, 2.05) is 6.92 Å². The lowest BCUT2D eigenvalue weighted by Gasteiger charge is -2.32. The summed E-state index contributed by atoms with van der Waals surface area (Å²) in [4.78, 5) is 26.1. The number of piperidine rings is 1. The van der Waals surface area contributed by atoms with Crippen molar-refractivity contribution in [3.8, 4) is 0 Å². The van der Waals surface area contributed by atoms with Crippen LogP contribution >= 0.6 is 24.8 Å². The maximum absolute atomic E-state index is 12.2. The van der Waals surface area contributed by atoms with Crippen LogP contribution in [0.3, 0.4) is 0 Å². The molecule has 2 fully saturated rings. The Morgan fingerprint density at radius 3 is 2.40 bits per heavy atom. The van der Waals surface area contributed by atoms with Crippen LogP contribution < -0.4 is 16.4 Å². The van der Waals surface area contributed by atoms with Crippen LogP contribution in [0.25, 0.3) is 0 Å². The minimum Gasteiger partial charge on any atom is -0.364 e. The summed E-state index contributed by atoms with van der Waals surface area (Å²) in [5.41, 5.74) is 5.57. The first-order chi connectivity index (χ1) is 11.1. The molecule has 2 atom stereocenters. The molecule has 0 unspecified atom stereocenters. The van der Waals surface area contributed by atoms with Crippen LogP contribution in [0.1, 0.15) is 39.0 Å². The van der Waals surface area contributed by atoms with Gasteiger partial charge < -0.3 is 21.1 Å². The molecule has 0 aromatic heterocycles. The highest BCUT2D eigenvalue weighted by atomic mass is 35.5. The topological polar surface area (TPSA) is 96.7 Å². The van der Waals surface area contributed by atoms with Crippen molar-refractivity contribution in [1.82, 2.24) is 15.5 Å². The van der Waals surface area contributed by atoms with Gasteiger partial charge in [0.05, 0.1) is 12.6 Å². The number of carbonyl (C=O) groups excluding carboxylic acids is 2. The maximum Gasteiger partial charge on any atom is 0.249 e. The summed E-state index contributed by atoms with van der Waals surface area (Å²) in [5, 5.41) is 5.97. The number of nitrogens with zero attached hydrogens (tertiary/aromatic N) is 1. The molecule has 9 heteroatoms. The SMILES string of the molecule is CCCNC(=O)CN1CCC(NC(=O)[C@@H]2CC[C@H](CN)O2)CC1.Cl.Cl. The molecule has 7 nitrogen and oxygen atoms in total. The van der Waals surface area contributed by atoms with Gasteiger partial charge in [0.2, 0.25) is 11.8 Å². The molecule has 0 aromatic carbocycles. The third-order valence-electron chi connectivity index (χ3n) is 4.54. The van der Waals surface area contributed by atoms with E-state index in [0.717, 1.165) is 51.7 Å². The van der Waals surface area contributed by atoms with Gasteiger partial charge in [-0.1, -0.05) is 6.92 Å². The summed E-state index contributed by atoms with van der Waals surface area (Å²) in [5.74, 6) is 0.0709. The molecular formula is C16H32Cl2N4O3. The molecule has 2 saturated heterocycles. The van der Waals surface area contributed by atoms with Crippen LogP contribution in [0.5, 0.6) is 0 Å². The fraction of sp³-hybridized carbons (Fsp3) is 0.875. The Labute approximate surface area is 162 Å². The minimum absolute atomic E-state index is 0. The summed E-state index contributed by atoms with van der Waals surface area (Å²) in [6.45, 7) is 5.37. The van der Waals surface area contributed by atoms with Gasteiger partial charge in [-0.05, 0) is 32.1 Å². The van der Waals surface area contributed by atoms with Gasteiger partial charge in [0.1, 0.15) is 6.10 Å². The summed E-state index contributed by atoms with van der Waals surface area (Å²) in [6, 6.07) is 0.179. The summed E-state index contributed by atoms with van der Waals surface area (Å²) < 4.78 is 5.62. The van der Waals surface area contributed by atoms with Crippen molar-refractivity contribution in [2.24, 2.45) is 5.73 Å². The summed E-state index contributed by atoms with van der Waals surface area (Å²) in [6.07, 6.45) is 3.99. The number of ether oxygens (including phenoxy) is 1. The second kappa shape index (κ2) is 12.7. The number of hydrogen-bond acceptors (Lipinski definition) is 5. The molecule has 2 aliphatic rings. The Morgan fingerprint density at radius 2 is 1.84 bits per heavy atom. The van der Waals surface area contributed by atoms with Gasteiger partial charge in [-0.3, -0.25) is 14.5 Å².